The number of Topliss-reactive ketones (excluding diaryl/α,β-unsaturated/α-hetero) is 1. The Kier molecular flexibility index (Phi) is 6.72. The number of rotatable bonds is 4. The zero-order valence-electron chi connectivity index (χ0n) is 22.5. The molecule has 1 aromatic heterocycles. The van der Waals surface area contributed by atoms with Gasteiger partial charge in [0.25, 0.3) is 11.7 Å². The van der Waals surface area contributed by atoms with Crippen molar-refractivity contribution in [1.29, 1.82) is 0 Å². The van der Waals surface area contributed by atoms with Gasteiger partial charge >= 0.3 is 0 Å². The Morgan fingerprint density at radius 3 is 2.05 bits per heavy atom. The highest BCUT2D eigenvalue weighted by atomic mass is 16.5. The topological polar surface area (TPSA) is 79.7 Å². The van der Waals surface area contributed by atoms with E-state index in [0.29, 0.717) is 22.6 Å². The Hall–Kier alpha value is -3.93. The first kappa shape index (κ1) is 26.1. The third-order valence-electron chi connectivity index (χ3n) is 6.76. The fraction of sp³-hybridized carbons (Fsp3) is 0.323. The van der Waals surface area contributed by atoms with Gasteiger partial charge < -0.3 is 9.84 Å². The maximum atomic E-state index is 13.5. The van der Waals surface area contributed by atoms with Crippen molar-refractivity contribution < 1.29 is 19.4 Å². The second kappa shape index (κ2) is 9.51. The van der Waals surface area contributed by atoms with Crippen LogP contribution in [0.2, 0.25) is 0 Å². The lowest BCUT2D eigenvalue weighted by Crippen LogP contribution is -2.29. The van der Waals surface area contributed by atoms with Crippen LogP contribution in [0, 0.1) is 0 Å². The highest BCUT2D eigenvalue weighted by Crippen LogP contribution is 2.43. The van der Waals surface area contributed by atoms with E-state index in [9.17, 15) is 14.7 Å². The normalized spacial score (nSPS) is 17.8. The van der Waals surface area contributed by atoms with Crippen molar-refractivity contribution in [2.45, 2.75) is 58.4 Å². The van der Waals surface area contributed by atoms with Crippen molar-refractivity contribution in [3.8, 4) is 5.75 Å². The zero-order chi connectivity index (χ0) is 27.1. The molecule has 1 aliphatic heterocycles. The molecule has 1 atom stereocenters. The summed E-state index contributed by atoms with van der Waals surface area (Å²) in [5.41, 5.74) is 3.42. The van der Waals surface area contributed by atoms with Gasteiger partial charge in [0, 0.05) is 29.2 Å². The number of ether oxygens (including phenoxy) is 1. The van der Waals surface area contributed by atoms with Crippen molar-refractivity contribution in [2.75, 3.05) is 12.0 Å². The number of pyridine rings is 1. The molecule has 1 unspecified atom stereocenters. The highest BCUT2D eigenvalue weighted by Gasteiger charge is 2.47. The van der Waals surface area contributed by atoms with Gasteiger partial charge in [0.2, 0.25) is 0 Å². The number of carbonyl (C=O) groups is 2. The van der Waals surface area contributed by atoms with Crippen molar-refractivity contribution in [2.24, 2.45) is 0 Å². The molecule has 4 rings (SSSR count). The number of anilines is 1. The van der Waals surface area contributed by atoms with E-state index in [0.717, 1.165) is 11.1 Å². The van der Waals surface area contributed by atoms with E-state index in [1.165, 1.54) is 4.90 Å². The molecule has 0 spiro atoms. The van der Waals surface area contributed by atoms with E-state index in [-0.39, 0.29) is 22.2 Å². The molecular formula is C31H34N2O4. The molecule has 37 heavy (non-hydrogen) atoms. The van der Waals surface area contributed by atoms with E-state index in [4.69, 9.17) is 4.74 Å². The summed E-state index contributed by atoms with van der Waals surface area (Å²) >= 11 is 0. The number of benzene rings is 2. The van der Waals surface area contributed by atoms with Crippen molar-refractivity contribution in [1.82, 2.24) is 4.98 Å². The summed E-state index contributed by atoms with van der Waals surface area (Å²) in [6.45, 7) is 12.5. The van der Waals surface area contributed by atoms with Gasteiger partial charge in [0.15, 0.2) is 0 Å². The predicted octanol–water partition coefficient (Wildman–Crippen LogP) is 6.31. The van der Waals surface area contributed by atoms with Gasteiger partial charge in [0.05, 0.1) is 18.7 Å². The van der Waals surface area contributed by atoms with Crippen molar-refractivity contribution in [3.63, 3.8) is 0 Å². The first-order valence-corrected chi connectivity index (χ1v) is 12.3. The molecule has 6 heteroatoms. The van der Waals surface area contributed by atoms with Crippen LogP contribution in [-0.2, 0) is 20.4 Å². The SMILES string of the molecule is COc1ccc(/C(O)=C2/C(=O)C(=O)N(c3ccc(C(C)(C)C)cc3)C2c2ccncc2)cc1C(C)(C)C. The Labute approximate surface area is 218 Å². The smallest absolute Gasteiger partial charge is 0.300 e. The fourth-order valence-electron chi connectivity index (χ4n) is 4.68. The Morgan fingerprint density at radius 2 is 1.51 bits per heavy atom. The number of aliphatic hydroxyl groups is 1. The molecule has 1 fully saturated rings. The summed E-state index contributed by atoms with van der Waals surface area (Å²) < 4.78 is 5.54. The zero-order valence-corrected chi connectivity index (χ0v) is 22.5. The minimum atomic E-state index is -0.802. The largest absolute Gasteiger partial charge is 0.507 e. The fourth-order valence-corrected chi connectivity index (χ4v) is 4.68. The summed E-state index contributed by atoms with van der Waals surface area (Å²) in [6.07, 6.45) is 3.23. The van der Waals surface area contributed by atoms with E-state index in [2.05, 4.69) is 25.8 Å². The third-order valence-corrected chi connectivity index (χ3v) is 6.76. The lowest BCUT2D eigenvalue weighted by Gasteiger charge is -2.27. The highest BCUT2D eigenvalue weighted by molar-refractivity contribution is 6.51. The van der Waals surface area contributed by atoms with Crippen LogP contribution in [0.4, 0.5) is 5.69 Å². The Balaban J connectivity index is 1.91. The molecule has 2 heterocycles. The second-order valence-electron chi connectivity index (χ2n) is 11.4. The predicted molar refractivity (Wildman–Crippen MR) is 146 cm³/mol. The van der Waals surface area contributed by atoms with E-state index >= 15 is 0 Å². The van der Waals surface area contributed by atoms with Crippen LogP contribution in [0.1, 0.15) is 69.8 Å². The van der Waals surface area contributed by atoms with Crippen molar-refractivity contribution >= 4 is 23.1 Å². The van der Waals surface area contributed by atoms with Gasteiger partial charge in [-0.2, -0.15) is 0 Å². The molecule has 2 aromatic carbocycles. The Morgan fingerprint density at radius 1 is 0.892 bits per heavy atom. The minimum absolute atomic E-state index is 0.0427. The second-order valence-corrected chi connectivity index (χ2v) is 11.4. The Bertz CT molecular complexity index is 1360. The van der Waals surface area contributed by atoms with Crippen LogP contribution in [0.5, 0.6) is 5.75 Å². The summed E-state index contributed by atoms with van der Waals surface area (Å²) in [6, 6.07) is 15.7. The third kappa shape index (κ3) is 4.88. The number of hydrogen-bond donors (Lipinski definition) is 1. The lowest BCUT2D eigenvalue weighted by atomic mass is 9.84. The first-order chi connectivity index (χ1) is 17.3. The van der Waals surface area contributed by atoms with Crippen molar-refractivity contribution in [3.05, 3.63) is 94.8 Å². The molecule has 0 aliphatic carbocycles. The minimum Gasteiger partial charge on any atom is -0.507 e. The van der Waals surface area contributed by atoms with Crippen LogP contribution in [-0.4, -0.2) is 28.9 Å². The average molecular weight is 499 g/mol. The van der Waals surface area contributed by atoms with Crippen LogP contribution >= 0.6 is 0 Å². The van der Waals surface area contributed by atoms with E-state index < -0.39 is 17.7 Å². The van der Waals surface area contributed by atoms with Crippen LogP contribution in [0.15, 0.2) is 72.6 Å². The van der Waals surface area contributed by atoms with Crippen LogP contribution in [0.25, 0.3) is 5.76 Å². The molecule has 0 radical (unpaired) electrons. The number of aliphatic hydroxyl groups excluding tert-OH is 1. The summed E-state index contributed by atoms with van der Waals surface area (Å²) in [7, 11) is 1.60. The maximum absolute atomic E-state index is 13.5. The maximum Gasteiger partial charge on any atom is 0.300 e. The first-order valence-electron chi connectivity index (χ1n) is 12.3. The quantitative estimate of drug-likeness (QED) is 0.259. The van der Waals surface area contributed by atoms with Gasteiger partial charge in [-0.15, -0.1) is 0 Å². The number of carbonyl (C=O) groups excluding carboxylic acids is 2. The number of hydrogen-bond acceptors (Lipinski definition) is 5. The van der Waals surface area contributed by atoms with Crippen LogP contribution in [0.3, 0.4) is 0 Å². The summed E-state index contributed by atoms with van der Waals surface area (Å²) in [5.74, 6) is -0.944. The monoisotopic (exact) mass is 498 g/mol. The standard InChI is InChI=1S/C31H34N2O4/c1-30(2,3)21-9-11-22(12-10-21)33-26(19-14-16-32-17-15-19)25(28(35)29(33)36)27(34)20-8-13-24(37-7)23(18-20)31(4,5)6/h8-18,26,34H,1-7H3/b27-25-. The number of aromatic nitrogens is 1. The number of amides is 1. The number of methoxy groups -OCH3 is 1. The number of ketones is 1. The molecule has 192 valence electrons. The van der Waals surface area contributed by atoms with Gasteiger partial charge in [-0.1, -0.05) is 53.7 Å². The van der Waals surface area contributed by atoms with E-state index in [1.807, 2.05) is 51.1 Å². The molecule has 1 N–H and O–H groups in total. The van der Waals surface area contributed by atoms with Crippen LogP contribution < -0.4 is 9.64 Å². The summed E-state index contributed by atoms with van der Waals surface area (Å²) in [4.78, 5) is 32.5. The molecule has 1 aliphatic rings. The number of nitrogens with zero attached hydrogens (tertiary/aromatic N) is 2. The molecular weight excluding hydrogens is 464 g/mol. The summed E-state index contributed by atoms with van der Waals surface area (Å²) in [5, 5.41) is 11.5. The molecule has 1 saturated heterocycles. The molecule has 3 aromatic rings. The average Bonchev–Trinajstić information content (AvgIpc) is 3.13. The van der Waals surface area contributed by atoms with Gasteiger partial charge in [-0.05, 0) is 64.4 Å². The lowest BCUT2D eigenvalue weighted by molar-refractivity contribution is -0.132. The van der Waals surface area contributed by atoms with Gasteiger partial charge in [0.1, 0.15) is 11.5 Å². The van der Waals surface area contributed by atoms with E-state index in [1.54, 1.807) is 43.8 Å². The van der Waals surface area contributed by atoms with Gasteiger partial charge in [-0.25, -0.2) is 0 Å². The molecule has 1 amide bonds. The molecule has 0 saturated carbocycles. The molecule has 0 bridgehead atoms. The van der Waals surface area contributed by atoms with Gasteiger partial charge in [-0.3, -0.25) is 19.5 Å². The molecule has 6 nitrogen and oxygen atoms in total.